The number of carbonyl (C=O) groups excluding carboxylic acids is 2. The number of hydrogen-bond donors (Lipinski definition) is 1. The molecule has 1 aliphatic heterocycles. The van der Waals surface area contributed by atoms with E-state index in [1.807, 2.05) is 19.9 Å². The molecule has 2 atom stereocenters. The summed E-state index contributed by atoms with van der Waals surface area (Å²) in [7, 11) is 0. The molecule has 3 heterocycles. The number of carbonyl (C=O) groups is 2. The van der Waals surface area contributed by atoms with Crippen molar-refractivity contribution in [3.8, 4) is 6.07 Å². The minimum Gasteiger partial charge on any atom is -0.453 e. The predicted octanol–water partition coefficient (Wildman–Crippen LogP) is 3.60. The Morgan fingerprint density at radius 2 is 2.27 bits per heavy atom. The molecule has 6 nitrogen and oxygen atoms in total. The van der Waals surface area contributed by atoms with Crippen LogP contribution in [-0.4, -0.2) is 35.3 Å². The second kappa shape index (κ2) is 7.52. The second-order valence-electron chi connectivity index (χ2n) is 6.35. The summed E-state index contributed by atoms with van der Waals surface area (Å²) in [6.45, 7) is 4.36. The van der Waals surface area contributed by atoms with Gasteiger partial charge in [-0.25, -0.2) is 0 Å². The zero-order chi connectivity index (χ0) is 18.8. The van der Waals surface area contributed by atoms with Crippen molar-refractivity contribution in [1.82, 2.24) is 10.2 Å². The highest BCUT2D eigenvalue weighted by Crippen LogP contribution is 2.28. The summed E-state index contributed by atoms with van der Waals surface area (Å²) in [5.74, 6) is -0.267. The molecule has 2 aromatic heterocycles. The molecule has 0 bridgehead atoms. The fourth-order valence-corrected chi connectivity index (χ4v) is 4.29. The van der Waals surface area contributed by atoms with Crippen LogP contribution in [0.5, 0.6) is 0 Å². The van der Waals surface area contributed by atoms with Crippen LogP contribution >= 0.6 is 22.9 Å². The van der Waals surface area contributed by atoms with Crippen LogP contribution < -0.4 is 5.32 Å². The summed E-state index contributed by atoms with van der Waals surface area (Å²) in [5.41, 5.74) is 1.23. The summed E-state index contributed by atoms with van der Waals surface area (Å²) in [5, 5.41) is 11.8. The lowest BCUT2D eigenvalue weighted by molar-refractivity contribution is 0.0693. The van der Waals surface area contributed by atoms with E-state index in [2.05, 4.69) is 5.32 Å². The number of likely N-dealkylation sites (tertiary alicyclic amines) is 1. The Bertz CT molecular complexity index is 863. The van der Waals surface area contributed by atoms with E-state index in [4.69, 9.17) is 21.3 Å². The minimum absolute atomic E-state index is 0.107. The topological polar surface area (TPSA) is 86.3 Å². The van der Waals surface area contributed by atoms with Crippen molar-refractivity contribution in [2.24, 2.45) is 0 Å². The molecule has 0 saturated carbocycles. The Kier molecular flexibility index (Phi) is 5.35. The van der Waals surface area contributed by atoms with Gasteiger partial charge in [0.05, 0.1) is 20.8 Å². The SMILES string of the molecule is Cc1cc(C(=O)NC(C)[C@@H]2CCCN2C(=O)c2coc(C#N)c2)sc1Cl. The van der Waals surface area contributed by atoms with E-state index < -0.39 is 0 Å². The van der Waals surface area contributed by atoms with Crippen molar-refractivity contribution in [2.45, 2.75) is 38.8 Å². The molecule has 1 saturated heterocycles. The molecule has 26 heavy (non-hydrogen) atoms. The first kappa shape index (κ1) is 18.5. The molecule has 1 fully saturated rings. The van der Waals surface area contributed by atoms with Gasteiger partial charge in [0.2, 0.25) is 5.76 Å². The Morgan fingerprint density at radius 1 is 1.50 bits per heavy atom. The largest absolute Gasteiger partial charge is 0.453 e. The smallest absolute Gasteiger partial charge is 0.261 e. The fourth-order valence-electron chi connectivity index (χ4n) is 3.18. The van der Waals surface area contributed by atoms with E-state index >= 15 is 0 Å². The molecule has 0 aliphatic carbocycles. The molecule has 136 valence electrons. The van der Waals surface area contributed by atoms with Crippen LogP contribution in [0.25, 0.3) is 0 Å². The fraction of sp³-hybridized carbons (Fsp3) is 0.389. The lowest BCUT2D eigenvalue weighted by Crippen LogP contribution is -2.49. The Balaban J connectivity index is 1.69. The summed E-state index contributed by atoms with van der Waals surface area (Å²) < 4.78 is 5.64. The van der Waals surface area contributed by atoms with E-state index in [1.54, 1.807) is 11.0 Å². The minimum atomic E-state index is -0.211. The molecule has 2 amide bonds. The first-order valence-corrected chi connectivity index (χ1v) is 9.46. The highest BCUT2D eigenvalue weighted by molar-refractivity contribution is 7.18. The molecule has 0 aromatic carbocycles. The monoisotopic (exact) mass is 391 g/mol. The van der Waals surface area contributed by atoms with E-state index in [0.717, 1.165) is 18.4 Å². The quantitative estimate of drug-likeness (QED) is 0.862. The number of hydrogen-bond acceptors (Lipinski definition) is 5. The molecule has 1 aliphatic rings. The van der Waals surface area contributed by atoms with Crippen LogP contribution in [0.1, 0.15) is 51.1 Å². The molecule has 3 rings (SSSR count). The molecular weight excluding hydrogens is 374 g/mol. The van der Waals surface area contributed by atoms with Crippen LogP contribution in [0.15, 0.2) is 22.8 Å². The molecule has 8 heteroatoms. The average molecular weight is 392 g/mol. The number of nitrogens with one attached hydrogen (secondary N) is 1. The number of aryl methyl sites for hydroxylation is 1. The van der Waals surface area contributed by atoms with Crippen molar-refractivity contribution in [2.75, 3.05) is 6.54 Å². The van der Waals surface area contributed by atoms with Crippen molar-refractivity contribution in [3.05, 3.63) is 44.5 Å². The summed E-state index contributed by atoms with van der Waals surface area (Å²) in [6, 6.07) is 4.76. The van der Waals surface area contributed by atoms with Gasteiger partial charge in [0.15, 0.2) is 0 Å². The number of amides is 2. The van der Waals surface area contributed by atoms with Crippen LogP contribution in [0, 0.1) is 18.3 Å². The number of nitriles is 1. The van der Waals surface area contributed by atoms with E-state index in [0.29, 0.717) is 21.3 Å². The highest BCUT2D eigenvalue weighted by atomic mass is 35.5. The van der Waals surface area contributed by atoms with Gasteiger partial charge in [0.1, 0.15) is 12.3 Å². The predicted molar refractivity (Wildman–Crippen MR) is 98.5 cm³/mol. The van der Waals surface area contributed by atoms with Crippen molar-refractivity contribution < 1.29 is 14.0 Å². The van der Waals surface area contributed by atoms with Gasteiger partial charge in [-0.3, -0.25) is 9.59 Å². The van der Waals surface area contributed by atoms with Gasteiger partial charge in [0, 0.05) is 18.7 Å². The normalized spacial score (nSPS) is 17.8. The molecule has 2 aromatic rings. The molecule has 0 radical (unpaired) electrons. The van der Waals surface area contributed by atoms with Crippen LogP contribution in [0.4, 0.5) is 0 Å². The standard InChI is InChI=1S/C18H18ClN3O3S/c1-10-6-15(26-16(10)19)17(23)21-11(2)14-4-3-5-22(14)18(24)12-7-13(8-20)25-9-12/h6-7,9,11,14H,3-5H2,1-2H3,(H,21,23)/t11?,14-/m0/s1. The van der Waals surface area contributed by atoms with Gasteiger partial charge in [0.25, 0.3) is 11.8 Å². The maximum atomic E-state index is 12.7. The lowest BCUT2D eigenvalue weighted by atomic mass is 10.1. The first-order chi connectivity index (χ1) is 12.4. The molecule has 1 N–H and O–H groups in total. The summed E-state index contributed by atoms with van der Waals surface area (Å²) in [4.78, 5) is 27.5. The maximum Gasteiger partial charge on any atom is 0.261 e. The van der Waals surface area contributed by atoms with Crippen LogP contribution in [-0.2, 0) is 0 Å². The number of halogens is 1. The number of nitrogens with zero attached hydrogens (tertiary/aromatic N) is 2. The van der Waals surface area contributed by atoms with Gasteiger partial charge < -0.3 is 14.6 Å². The maximum absolute atomic E-state index is 12.7. The zero-order valence-electron chi connectivity index (χ0n) is 14.4. The summed E-state index contributed by atoms with van der Waals surface area (Å²) in [6.07, 6.45) is 2.97. The first-order valence-electron chi connectivity index (χ1n) is 8.27. The summed E-state index contributed by atoms with van der Waals surface area (Å²) >= 11 is 7.28. The molecule has 0 spiro atoms. The Hall–Kier alpha value is -2.30. The van der Waals surface area contributed by atoms with Gasteiger partial charge >= 0.3 is 0 Å². The average Bonchev–Trinajstić information content (AvgIpc) is 3.34. The Morgan fingerprint density at radius 3 is 2.88 bits per heavy atom. The van der Waals surface area contributed by atoms with Gasteiger partial charge in [-0.1, -0.05) is 11.6 Å². The number of thiophene rings is 1. The van der Waals surface area contributed by atoms with Gasteiger partial charge in [-0.05, 0) is 38.3 Å². The van der Waals surface area contributed by atoms with Crippen LogP contribution in [0.3, 0.4) is 0 Å². The van der Waals surface area contributed by atoms with E-state index in [9.17, 15) is 9.59 Å². The van der Waals surface area contributed by atoms with Crippen molar-refractivity contribution in [1.29, 1.82) is 5.26 Å². The van der Waals surface area contributed by atoms with E-state index in [-0.39, 0.29) is 29.7 Å². The van der Waals surface area contributed by atoms with Crippen molar-refractivity contribution >= 4 is 34.8 Å². The molecule has 1 unspecified atom stereocenters. The number of rotatable bonds is 4. The third-order valence-electron chi connectivity index (χ3n) is 4.53. The lowest BCUT2D eigenvalue weighted by Gasteiger charge is -2.29. The van der Waals surface area contributed by atoms with Crippen molar-refractivity contribution in [3.63, 3.8) is 0 Å². The van der Waals surface area contributed by atoms with Gasteiger partial charge in [-0.2, -0.15) is 5.26 Å². The number of furan rings is 1. The van der Waals surface area contributed by atoms with E-state index in [1.165, 1.54) is 23.7 Å². The third kappa shape index (κ3) is 3.62. The van der Waals surface area contributed by atoms with Gasteiger partial charge in [-0.15, -0.1) is 11.3 Å². The van der Waals surface area contributed by atoms with Crippen LogP contribution in [0.2, 0.25) is 4.34 Å². The zero-order valence-corrected chi connectivity index (χ0v) is 16.0. The molecular formula is C18H18ClN3O3S. The highest BCUT2D eigenvalue weighted by Gasteiger charge is 2.34. The second-order valence-corrected chi connectivity index (χ2v) is 8.00. The Labute approximate surface area is 160 Å². The third-order valence-corrected chi connectivity index (χ3v) is 6.09.